The molecule has 1 aromatic carbocycles. The third-order valence-electron chi connectivity index (χ3n) is 4.97. The average Bonchev–Trinajstić information content (AvgIpc) is 3.06. The van der Waals surface area contributed by atoms with E-state index in [4.69, 9.17) is 0 Å². The summed E-state index contributed by atoms with van der Waals surface area (Å²) in [5.74, 6) is 0.823. The maximum absolute atomic E-state index is 4.39. The Morgan fingerprint density at radius 2 is 2.04 bits per heavy atom. The summed E-state index contributed by atoms with van der Waals surface area (Å²) in [6.07, 6.45) is 3.03. The van der Waals surface area contributed by atoms with Crippen LogP contribution >= 0.6 is 11.3 Å². The minimum Gasteiger partial charge on any atom is -0.355 e. The predicted molar refractivity (Wildman–Crippen MR) is 110 cm³/mol. The maximum atomic E-state index is 4.39. The lowest BCUT2D eigenvalue weighted by molar-refractivity contribution is 0.107. The van der Waals surface area contributed by atoms with Crippen LogP contribution in [0.2, 0.25) is 0 Å². The molecule has 2 aromatic rings. The summed E-state index contributed by atoms with van der Waals surface area (Å²) in [5.41, 5.74) is 2.99. The second kappa shape index (κ2) is 8.18. The van der Waals surface area contributed by atoms with Crippen molar-refractivity contribution in [2.45, 2.75) is 45.8 Å². The Balaban J connectivity index is 1.53. The number of hydrogen-bond acceptors (Lipinski definition) is 4. The second-order valence-corrected chi connectivity index (χ2v) is 8.72. The summed E-state index contributed by atoms with van der Waals surface area (Å²) in [6.45, 7) is 10.3. The minimum absolute atomic E-state index is 0.0446. The predicted octanol–water partition coefficient (Wildman–Crippen LogP) is 2.95. The Labute approximate surface area is 160 Å². The van der Waals surface area contributed by atoms with Crippen LogP contribution in [0.4, 0.5) is 0 Å². The number of aryl methyl sites for hydroxylation is 1. The van der Waals surface area contributed by atoms with E-state index in [2.05, 4.69) is 70.5 Å². The number of guanidine groups is 1. The van der Waals surface area contributed by atoms with Gasteiger partial charge in [0.05, 0.1) is 6.54 Å². The highest BCUT2D eigenvalue weighted by molar-refractivity contribution is 7.11. The van der Waals surface area contributed by atoms with E-state index in [-0.39, 0.29) is 5.54 Å². The summed E-state index contributed by atoms with van der Waals surface area (Å²) in [7, 11) is 1.81. The highest BCUT2D eigenvalue weighted by Gasteiger charge is 2.29. The highest BCUT2D eigenvalue weighted by atomic mass is 32.1. The molecule has 0 amide bonds. The number of benzene rings is 1. The number of rotatable bonds is 5. The number of nitrogens with zero attached hydrogens (tertiary/aromatic N) is 3. The molecule has 2 N–H and O–H groups in total. The summed E-state index contributed by atoms with van der Waals surface area (Å²) < 4.78 is 0. The van der Waals surface area contributed by atoms with Crippen molar-refractivity contribution in [1.82, 2.24) is 20.5 Å². The number of fused-ring (bicyclic) bond motifs is 1. The van der Waals surface area contributed by atoms with Gasteiger partial charge in [-0.1, -0.05) is 24.3 Å². The van der Waals surface area contributed by atoms with Gasteiger partial charge in [0.2, 0.25) is 0 Å². The molecule has 0 fully saturated rings. The number of aliphatic imine (C=N–C) groups is 1. The molecule has 0 unspecified atom stereocenters. The van der Waals surface area contributed by atoms with Crippen LogP contribution in [0.5, 0.6) is 0 Å². The van der Waals surface area contributed by atoms with Crippen LogP contribution < -0.4 is 10.6 Å². The Morgan fingerprint density at radius 3 is 2.73 bits per heavy atom. The Bertz CT molecular complexity index is 765. The summed E-state index contributed by atoms with van der Waals surface area (Å²) in [4.78, 5) is 12.5. The third-order valence-corrected chi connectivity index (χ3v) is 5.89. The van der Waals surface area contributed by atoms with Crippen LogP contribution in [0.25, 0.3) is 0 Å². The molecule has 140 valence electrons. The number of thiazole rings is 1. The van der Waals surface area contributed by atoms with Gasteiger partial charge in [-0.05, 0) is 38.3 Å². The van der Waals surface area contributed by atoms with Gasteiger partial charge in [-0.25, -0.2) is 4.98 Å². The van der Waals surface area contributed by atoms with E-state index in [0.29, 0.717) is 6.54 Å². The van der Waals surface area contributed by atoms with E-state index in [1.807, 2.05) is 13.2 Å². The van der Waals surface area contributed by atoms with Gasteiger partial charge in [0.15, 0.2) is 5.96 Å². The van der Waals surface area contributed by atoms with Crippen molar-refractivity contribution < 1.29 is 0 Å². The fraction of sp³-hybridized carbons (Fsp3) is 0.500. The first-order valence-corrected chi connectivity index (χ1v) is 9.97. The third kappa shape index (κ3) is 4.62. The molecule has 0 aliphatic carbocycles. The van der Waals surface area contributed by atoms with Gasteiger partial charge in [0.25, 0.3) is 0 Å². The van der Waals surface area contributed by atoms with Crippen molar-refractivity contribution in [3.8, 4) is 0 Å². The first-order valence-electron chi connectivity index (χ1n) is 9.15. The van der Waals surface area contributed by atoms with Crippen molar-refractivity contribution in [3.63, 3.8) is 0 Å². The van der Waals surface area contributed by atoms with E-state index in [0.717, 1.165) is 37.0 Å². The molecule has 0 saturated heterocycles. The Hall–Kier alpha value is -1.92. The van der Waals surface area contributed by atoms with Gasteiger partial charge >= 0.3 is 0 Å². The van der Waals surface area contributed by atoms with Crippen molar-refractivity contribution in [3.05, 3.63) is 51.5 Å². The molecule has 0 bridgehead atoms. The molecule has 1 aromatic heterocycles. The van der Waals surface area contributed by atoms with E-state index in [1.165, 1.54) is 16.0 Å². The first kappa shape index (κ1) is 18.9. The minimum atomic E-state index is 0.0446. The zero-order valence-electron chi connectivity index (χ0n) is 16.2. The van der Waals surface area contributed by atoms with Crippen LogP contribution in [0, 0.1) is 6.92 Å². The SMILES string of the molecule is CN=C(NCc1ncc(C)s1)NCC(C)(C)N1CCc2ccccc2C1. The number of hydrogen-bond donors (Lipinski definition) is 2. The molecule has 5 nitrogen and oxygen atoms in total. The van der Waals surface area contributed by atoms with Crippen molar-refractivity contribution >= 4 is 17.3 Å². The molecule has 6 heteroatoms. The van der Waals surface area contributed by atoms with Gasteiger partial charge in [-0.15, -0.1) is 11.3 Å². The van der Waals surface area contributed by atoms with Gasteiger partial charge in [-0.2, -0.15) is 0 Å². The van der Waals surface area contributed by atoms with Crippen molar-refractivity contribution in [1.29, 1.82) is 0 Å². The lowest BCUT2D eigenvalue weighted by atomic mass is 9.94. The smallest absolute Gasteiger partial charge is 0.191 e. The Morgan fingerprint density at radius 1 is 1.27 bits per heavy atom. The van der Waals surface area contributed by atoms with Gasteiger partial charge in [0, 0.05) is 43.3 Å². The molecule has 3 rings (SSSR count). The van der Waals surface area contributed by atoms with Gasteiger partial charge in [-0.3, -0.25) is 9.89 Å². The molecule has 1 aliphatic heterocycles. The molecule has 1 aliphatic rings. The zero-order chi connectivity index (χ0) is 18.6. The molecular weight excluding hydrogens is 342 g/mol. The van der Waals surface area contributed by atoms with Crippen LogP contribution in [-0.4, -0.2) is 41.5 Å². The lowest BCUT2D eigenvalue weighted by Crippen LogP contribution is -2.54. The fourth-order valence-electron chi connectivity index (χ4n) is 3.29. The number of nitrogens with one attached hydrogen (secondary N) is 2. The summed E-state index contributed by atoms with van der Waals surface area (Å²) in [5, 5.41) is 7.92. The Kier molecular flexibility index (Phi) is 5.94. The topological polar surface area (TPSA) is 52.6 Å². The quantitative estimate of drug-likeness (QED) is 0.627. The highest BCUT2D eigenvalue weighted by Crippen LogP contribution is 2.24. The van der Waals surface area contributed by atoms with Crippen LogP contribution in [0.3, 0.4) is 0 Å². The normalized spacial score (nSPS) is 15.6. The molecule has 0 saturated carbocycles. The van der Waals surface area contributed by atoms with Crippen LogP contribution in [0.1, 0.15) is 34.9 Å². The maximum Gasteiger partial charge on any atom is 0.191 e. The fourth-order valence-corrected chi connectivity index (χ4v) is 4.01. The number of aromatic nitrogens is 1. The molecule has 26 heavy (non-hydrogen) atoms. The van der Waals surface area contributed by atoms with Crippen LogP contribution in [-0.2, 0) is 19.5 Å². The molecular formula is C20H29N5S. The summed E-state index contributed by atoms with van der Waals surface area (Å²) in [6, 6.07) is 8.78. The zero-order valence-corrected chi connectivity index (χ0v) is 17.0. The van der Waals surface area contributed by atoms with Crippen molar-refractivity contribution in [2.24, 2.45) is 4.99 Å². The van der Waals surface area contributed by atoms with Gasteiger partial charge in [0.1, 0.15) is 5.01 Å². The monoisotopic (exact) mass is 371 g/mol. The lowest BCUT2D eigenvalue weighted by Gasteiger charge is -2.42. The average molecular weight is 372 g/mol. The van der Waals surface area contributed by atoms with Crippen LogP contribution in [0.15, 0.2) is 35.5 Å². The van der Waals surface area contributed by atoms with E-state index in [1.54, 1.807) is 11.3 Å². The van der Waals surface area contributed by atoms with Crippen molar-refractivity contribution in [2.75, 3.05) is 20.1 Å². The summed E-state index contributed by atoms with van der Waals surface area (Å²) >= 11 is 1.72. The van der Waals surface area contributed by atoms with E-state index < -0.39 is 0 Å². The van der Waals surface area contributed by atoms with Gasteiger partial charge < -0.3 is 10.6 Å². The molecule has 0 atom stereocenters. The molecule has 0 spiro atoms. The van der Waals surface area contributed by atoms with E-state index >= 15 is 0 Å². The largest absolute Gasteiger partial charge is 0.355 e. The standard InChI is InChI=1S/C20H29N5S/c1-15-11-22-18(26-15)12-23-19(21-4)24-14-20(2,3)25-10-9-16-7-5-6-8-17(16)13-25/h5-8,11H,9-10,12-14H2,1-4H3,(H2,21,23,24). The first-order chi connectivity index (χ1) is 12.5. The van der Waals surface area contributed by atoms with E-state index in [9.17, 15) is 0 Å². The molecule has 2 heterocycles. The second-order valence-electron chi connectivity index (χ2n) is 7.40. The molecule has 0 radical (unpaired) electrons.